The second kappa shape index (κ2) is 5.20. The maximum atomic E-state index is 11.5. The zero-order valence-corrected chi connectivity index (χ0v) is 11.8. The van der Waals surface area contributed by atoms with E-state index in [9.17, 15) is 10.4 Å². The second-order valence-electron chi connectivity index (χ2n) is 6.03. The number of nitrogens with zero attached hydrogens (tertiary/aromatic N) is 1. The van der Waals surface area contributed by atoms with Gasteiger partial charge in [0.2, 0.25) is 0 Å². The predicted octanol–water partition coefficient (Wildman–Crippen LogP) is 2.92. The van der Waals surface area contributed by atoms with E-state index in [1.54, 1.807) is 0 Å². The number of ether oxygens (including phenoxy) is 1. The number of rotatable bonds is 1. The molecule has 106 valence electrons. The van der Waals surface area contributed by atoms with Crippen molar-refractivity contribution < 1.29 is 9.84 Å². The summed E-state index contributed by atoms with van der Waals surface area (Å²) >= 11 is 0. The summed E-state index contributed by atoms with van der Waals surface area (Å²) in [5.41, 5.74) is 0.444. The first-order valence-electron chi connectivity index (χ1n) is 7.52. The Hall–Kier alpha value is -1.37. The number of nitriles is 1. The molecule has 0 bridgehead atoms. The first-order valence-corrected chi connectivity index (χ1v) is 7.52. The monoisotopic (exact) mass is 271 g/mol. The normalized spacial score (nSPS) is 29.0. The SMILES string of the molecule is N#CC1(C2(O)CCCCc3ccccc32)CCOCC1. The molecule has 1 aromatic rings. The summed E-state index contributed by atoms with van der Waals surface area (Å²) in [6.07, 6.45) is 4.96. The lowest BCUT2D eigenvalue weighted by Gasteiger charge is -2.45. The van der Waals surface area contributed by atoms with E-state index in [4.69, 9.17) is 4.74 Å². The average molecular weight is 271 g/mol. The predicted molar refractivity (Wildman–Crippen MR) is 76.0 cm³/mol. The molecule has 1 aromatic carbocycles. The van der Waals surface area contributed by atoms with Gasteiger partial charge in [-0.25, -0.2) is 0 Å². The Morgan fingerprint density at radius 1 is 1.10 bits per heavy atom. The Balaban J connectivity index is 2.12. The molecule has 1 aliphatic carbocycles. The zero-order chi connectivity index (χ0) is 14.1. The van der Waals surface area contributed by atoms with Crippen LogP contribution in [-0.4, -0.2) is 18.3 Å². The molecule has 0 aromatic heterocycles. The van der Waals surface area contributed by atoms with E-state index in [0.717, 1.165) is 24.8 Å². The van der Waals surface area contributed by atoms with Crippen molar-refractivity contribution in [3.05, 3.63) is 35.4 Å². The molecular formula is C17H21NO2. The minimum atomic E-state index is -1.03. The fourth-order valence-corrected chi connectivity index (χ4v) is 3.81. The highest BCUT2D eigenvalue weighted by molar-refractivity contribution is 5.37. The number of benzene rings is 1. The molecule has 1 saturated heterocycles. The third-order valence-corrected chi connectivity index (χ3v) is 5.05. The van der Waals surface area contributed by atoms with E-state index in [1.165, 1.54) is 5.56 Å². The van der Waals surface area contributed by atoms with Crippen LogP contribution in [0.25, 0.3) is 0 Å². The van der Waals surface area contributed by atoms with Crippen LogP contribution in [0.5, 0.6) is 0 Å². The molecule has 20 heavy (non-hydrogen) atoms. The zero-order valence-electron chi connectivity index (χ0n) is 11.8. The molecule has 0 saturated carbocycles. The Labute approximate surface area is 120 Å². The van der Waals surface area contributed by atoms with Gasteiger partial charge in [-0.1, -0.05) is 24.3 Å². The Morgan fingerprint density at radius 2 is 1.85 bits per heavy atom. The maximum absolute atomic E-state index is 11.5. The number of hydrogen-bond acceptors (Lipinski definition) is 3. The van der Waals surface area contributed by atoms with Gasteiger partial charge in [0.1, 0.15) is 5.60 Å². The molecule has 1 unspecified atom stereocenters. The Morgan fingerprint density at radius 3 is 2.60 bits per heavy atom. The lowest BCUT2D eigenvalue weighted by molar-refractivity contribution is -0.114. The van der Waals surface area contributed by atoms with E-state index < -0.39 is 11.0 Å². The molecule has 2 aliphatic rings. The molecule has 3 heteroatoms. The first-order chi connectivity index (χ1) is 9.72. The lowest BCUT2D eigenvalue weighted by atomic mass is 9.63. The maximum Gasteiger partial charge on any atom is 0.109 e. The van der Waals surface area contributed by atoms with Crippen LogP contribution in [0, 0.1) is 16.7 Å². The molecule has 3 rings (SSSR count). The van der Waals surface area contributed by atoms with Gasteiger partial charge in [-0.15, -0.1) is 0 Å². The highest BCUT2D eigenvalue weighted by Gasteiger charge is 2.53. The van der Waals surface area contributed by atoms with Gasteiger partial charge in [-0.2, -0.15) is 5.26 Å². The van der Waals surface area contributed by atoms with E-state index >= 15 is 0 Å². The van der Waals surface area contributed by atoms with Gasteiger partial charge < -0.3 is 9.84 Å². The van der Waals surface area contributed by atoms with Crippen LogP contribution in [-0.2, 0) is 16.8 Å². The highest BCUT2D eigenvalue weighted by Crippen LogP contribution is 2.51. The summed E-state index contributed by atoms with van der Waals surface area (Å²) in [5, 5.41) is 21.3. The van der Waals surface area contributed by atoms with Gasteiger partial charge in [0.25, 0.3) is 0 Å². The standard InChI is InChI=1S/C17H21NO2/c18-13-16(9-11-20-12-10-16)17(19)8-4-3-6-14-5-1-2-7-15(14)17/h1-2,5,7,19H,3-4,6,8-12H2. The van der Waals surface area contributed by atoms with Gasteiger partial charge in [0.05, 0.1) is 11.5 Å². The third-order valence-electron chi connectivity index (χ3n) is 5.05. The molecule has 0 amide bonds. The van der Waals surface area contributed by atoms with Crippen molar-refractivity contribution in [3.63, 3.8) is 0 Å². The van der Waals surface area contributed by atoms with E-state index in [0.29, 0.717) is 32.5 Å². The van der Waals surface area contributed by atoms with Crippen LogP contribution < -0.4 is 0 Å². The van der Waals surface area contributed by atoms with E-state index in [-0.39, 0.29) is 0 Å². The highest BCUT2D eigenvalue weighted by atomic mass is 16.5. The number of aliphatic hydroxyl groups is 1. The molecular weight excluding hydrogens is 250 g/mol. The van der Waals surface area contributed by atoms with Crippen molar-refractivity contribution in [2.75, 3.05) is 13.2 Å². The van der Waals surface area contributed by atoms with Crippen LogP contribution in [0.2, 0.25) is 0 Å². The van der Waals surface area contributed by atoms with Gasteiger partial charge in [0, 0.05) is 13.2 Å². The number of fused-ring (bicyclic) bond motifs is 1. The van der Waals surface area contributed by atoms with Gasteiger partial charge in [-0.3, -0.25) is 0 Å². The third kappa shape index (κ3) is 1.95. The number of aryl methyl sites for hydroxylation is 1. The van der Waals surface area contributed by atoms with Gasteiger partial charge >= 0.3 is 0 Å². The van der Waals surface area contributed by atoms with Crippen LogP contribution in [0.15, 0.2) is 24.3 Å². The molecule has 1 atom stereocenters. The molecule has 3 nitrogen and oxygen atoms in total. The average Bonchev–Trinajstić information content (AvgIpc) is 2.69. The van der Waals surface area contributed by atoms with Crippen LogP contribution in [0.1, 0.15) is 43.2 Å². The molecule has 1 heterocycles. The summed E-state index contributed by atoms with van der Waals surface area (Å²) in [4.78, 5) is 0. The molecule has 0 radical (unpaired) electrons. The summed E-state index contributed by atoms with van der Waals surface area (Å²) < 4.78 is 5.42. The van der Waals surface area contributed by atoms with Crippen molar-refractivity contribution in [1.29, 1.82) is 5.26 Å². The molecule has 1 N–H and O–H groups in total. The summed E-state index contributed by atoms with van der Waals surface area (Å²) in [7, 11) is 0. The summed E-state index contributed by atoms with van der Waals surface area (Å²) in [6.45, 7) is 1.13. The molecule has 0 spiro atoms. The van der Waals surface area contributed by atoms with Crippen LogP contribution in [0.4, 0.5) is 0 Å². The minimum absolute atomic E-state index is 0.567. The Kier molecular flexibility index (Phi) is 3.54. The topological polar surface area (TPSA) is 53.2 Å². The van der Waals surface area contributed by atoms with Gasteiger partial charge in [-0.05, 0) is 49.7 Å². The summed E-state index contributed by atoms with van der Waals surface area (Å²) in [6, 6.07) is 10.6. The van der Waals surface area contributed by atoms with Gasteiger partial charge in [0.15, 0.2) is 0 Å². The first kappa shape index (κ1) is 13.6. The van der Waals surface area contributed by atoms with Crippen molar-refractivity contribution in [2.24, 2.45) is 5.41 Å². The minimum Gasteiger partial charge on any atom is -0.383 e. The lowest BCUT2D eigenvalue weighted by Crippen LogP contribution is -2.48. The Bertz CT molecular complexity index is 528. The van der Waals surface area contributed by atoms with Crippen molar-refractivity contribution in [2.45, 2.75) is 44.1 Å². The molecule has 1 fully saturated rings. The van der Waals surface area contributed by atoms with E-state index in [1.807, 2.05) is 18.2 Å². The molecule has 1 aliphatic heterocycles. The smallest absolute Gasteiger partial charge is 0.109 e. The quantitative estimate of drug-likeness (QED) is 0.799. The fourth-order valence-electron chi connectivity index (χ4n) is 3.81. The van der Waals surface area contributed by atoms with Crippen LogP contribution in [0.3, 0.4) is 0 Å². The largest absolute Gasteiger partial charge is 0.383 e. The van der Waals surface area contributed by atoms with Crippen molar-refractivity contribution in [1.82, 2.24) is 0 Å². The summed E-state index contributed by atoms with van der Waals surface area (Å²) in [5.74, 6) is 0. The van der Waals surface area contributed by atoms with Crippen molar-refractivity contribution in [3.8, 4) is 6.07 Å². The van der Waals surface area contributed by atoms with Crippen LogP contribution >= 0.6 is 0 Å². The number of hydrogen-bond donors (Lipinski definition) is 1. The van der Waals surface area contributed by atoms with Crippen molar-refractivity contribution >= 4 is 0 Å². The second-order valence-corrected chi connectivity index (χ2v) is 6.03. The fraction of sp³-hybridized carbons (Fsp3) is 0.588. The van der Waals surface area contributed by atoms with E-state index in [2.05, 4.69) is 12.1 Å².